The molecule has 16 heavy (non-hydrogen) atoms. The average Bonchev–Trinajstić information content (AvgIpc) is 2.53. The molecular formula is C9H10O7. The number of aliphatic hydroxyl groups is 3. The van der Waals surface area contributed by atoms with Gasteiger partial charge in [0, 0.05) is 6.08 Å². The lowest BCUT2D eigenvalue weighted by Crippen LogP contribution is -2.33. The molecule has 1 heterocycles. The first-order valence-electron chi connectivity index (χ1n) is 4.27. The Morgan fingerprint density at radius 1 is 1.62 bits per heavy atom. The molecule has 0 saturated carbocycles. The van der Waals surface area contributed by atoms with E-state index in [2.05, 4.69) is 16.1 Å². The van der Waals surface area contributed by atoms with Crippen molar-refractivity contribution in [3.8, 4) is 0 Å². The molecule has 0 fully saturated rings. The largest absolute Gasteiger partial charge is 0.505 e. The molecule has 0 radical (unpaired) electrons. The highest BCUT2D eigenvalue weighted by Gasteiger charge is 2.39. The predicted octanol–water partition coefficient (Wildman–Crippen LogP) is -0.670. The van der Waals surface area contributed by atoms with Gasteiger partial charge in [0.05, 0.1) is 0 Å². The standard InChI is InChI=1S/C9H10O7/c1-2-5(11)15-3-4(10)8-6(12)7(13)9(14)16-8/h2,4,8,10,12-13H,1,3H2/t4?,8-/m1/s1. The van der Waals surface area contributed by atoms with Gasteiger partial charge < -0.3 is 24.8 Å². The number of cyclic esters (lactones) is 1. The second kappa shape index (κ2) is 4.67. The van der Waals surface area contributed by atoms with Crippen LogP contribution < -0.4 is 0 Å². The van der Waals surface area contributed by atoms with Crippen LogP contribution in [0.4, 0.5) is 0 Å². The maximum atomic E-state index is 10.8. The van der Waals surface area contributed by atoms with Crippen molar-refractivity contribution in [2.24, 2.45) is 0 Å². The molecule has 88 valence electrons. The van der Waals surface area contributed by atoms with Crippen molar-refractivity contribution >= 4 is 11.9 Å². The zero-order valence-electron chi connectivity index (χ0n) is 8.12. The fourth-order valence-corrected chi connectivity index (χ4v) is 1.04. The average molecular weight is 230 g/mol. The Morgan fingerprint density at radius 3 is 2.69 bits per heavy atom. The van der Waals surface area contributed by atoms with E-state index >= 15 is 0 Å². The summed E-state index contributed by atoms with van der Waals surface area (Å²) in [7, 11) is 0. The third-order valence-corrected chi connectivity index (χ3v) is 1.85. The first-order chi connectivity index (χ1) is 7.47. The summed E-state index contributed by atoms with van der Waals surface area (Å²) in [5.41, 5.74) is 0. The monoisotopic (exact) mass is 230 g/mol. The van der Waals surface area contributed by atoms with Gasteiger partial charge in [-0.2, -0.15) is 0 Å². The fourth-order valence-electron chi connectivity index (χ4n) is 1.04. The van der Waals surface area contributed by atoms with Crippen molar-refractivity contribution in [1.82, 2.24) is 0 Å². The minimum Gasteiger partial charge on any atom is -0.505 e. The van der Waals surface area contributed by atoms with E-state index in [4.69, 9.17) is 5.11 Å². The van der Waals surface area contributed by atoms with Crippen molar-refractivity contribution in [3.63, 3.8) is 0 Å². The van der Waals surface area contributed by atoms with E-state index in [-0.39, 0.29) is 0 Å². The lowest BCUT2D eigenvalue weighted by atomic mass is 10.2. The molecule has 7 nitrogen and oxygen atoms in total. The predicted molar refractivity (Wildman–Crippen MR) is 49.3 cm³/mol. The molecule has 1 unspecified atom stereocenters. The van der Waals surface area contributed by atoms with Crippen molar-refractivity contribution in [3.05, 3.63) is 24.2 Å². The highest BCUT2D eigenvalue weighted by molar-refractivity contribution is 5.89. The third-order valence-electron chi connectivity index (χ3n) is 1.85. The Labute approximate surface area is 90.2 Å². The summed E-state index contributed by atoms with van der Waals surface area (Å²) in [6, 6.07) is 0. The van der Waals surface area contributed by atoms with E-state index in [0.29, 0.717) is 0 Å². The molecule has 0 aliphatic carbocycles. The second-order valence-corrected chi connectivity index (χ2v) is 2.96. The minimum atomic E-state index is -1.46. The van der Waals surface area contributed by atoms with Crippen LogP contribution in [0.25, 0.3) is 0 Å². The van der Waals surface area contributed by atoms with E-state index in [1.807, 2.05) is 0 Å². The van der Waals surface area contributed by atoms with E-state index in [0.717, 1.165) is 6.08 Å². The van der Waals surface area contributed by atoms with E-state index in [1.54, 1.807) is 0 Å². The second-order valence-electron chi connectivity index (χ2n) is 2.96. The van der Waals surface area contributed by atoms with Crippen LogP contribution in [0.1, 0.15) is 0 Å². The molecule has 0 aromatic heterocycles. The first kappa shape index (κ1) is 12.1. The topological polar surface area (TPSA) is 113 Å². The highest BCUT2D eigenvalue weighted by Crippen LogP contribution is 2.21. The summed E-state index contributed by atoms with van der Waals surface area (Å²) in [5.74, 6) is -3.65. The summed E-state index contributed by atoms with van der Waals surface area (Å²) in [6.45, 7) is 2.64. The fraction of sp³-hybridized carbons (Fsp3) is 0.333. The van der Waals surface area contributed by atoms with Crippen LogP contribution in [0, 0.1) is 0 Å². The van der Waals surface area contributed by atoms with Gasteiger partial charge in [-0.15, -0.1) is 0 Å². The summed E-state index contributed by atoms with van der Waals surface area (Å²) < 4.78 is 8.90. The van der Waals surface area contributed by atoms with Crippen molar-refractivity contribution < 1.29 is 34.4 Å². The summed E-state index contributed by atoms with van der Waals surface area (Å²) in [5, 5.41) is 27.5. The molecule has 3 N–H and O–H groups in total. The third kappa shape index (κ3) is 2.31. The number of hydrogen-bond acceptors (Lipinski definition) is 7. The van der Waals surface area contributed by atoms with Gasteiger partial charge in [0.15, 0.2) is 11.9 Å². The lowest BCUT2D eigenvalue weighted by Gasteiger charge is -2.16. The molecule has 0 aromatic rings. The van der Waals surface area contributed by atoms with Gasteiger partial charge in [-0.1, -0.05) is 6.58 Å². The van der Waals surface area contributed by atoms with Gasteiger partial charge in [-0.3, -0.25) is 0 Å². The molecule has 0 aromatic carbocycles. The van der Waals surface area contributed by atoms with Gasteiger partial charge in [0.1, 0.15) is 12.7 Å². The van der Waals surface area contributed by atoms with Gasteiger partial charge >= 0.3 is 11.9 Å². The van der Waals surface area contributed by atoms with Gasteiger partial charge in [0.2, 0.25) is 5.76 Å². The molecule has 0 amide bonds. The highest BCUT2D eigenvalue weighted by atomic mass is 16.6. The summed E-state index contributed by atoms with van der Waals surface area (Å²) >= 11 is 0. The van der Waals surface area contributed by atoms with Gasteiger partial charge in [0.25, 0.3) is 0 Å². The molecule has 7 heteroatoms. The molecule has 2 atom stereocenters. The van der Waals surface area contributed by atoms with E-state index in [1.165, 1.54) is 0 Å². The van der Waals surface area contributed by atoms with Crippen LogP contribution in [-0.2, 0) is 19.1 Å². The number of aliphatic hydroxyl groups excluding tert-OH is 3. The molecule has 1 rings (SSSR count). The van der Waals surface area contributed by atoms with E-state index in [9.17, 15) is 19.8 Å². The first-order valence-corrected chi connectivity index (χ1v) is 4.27. The Balaban J connectivity index is 2.57. The maximum absolute atomic E-state index is 10.8. The van der Waals surface area contributed by atoms with Crippen LogP contribution in [-0.4, -0.2) is 46.1 Å². The Morgan fingerprint density at radius 2 is 2.25 bits per heavy atom. The summed E-state index contributed by atoms with van der Waals surface area (Å²) in [4.78, 5) is 21.4. The van der Waals surface area contributed by atoms with Gasteiger partial charge in [-0.05, 0) is 0 Å². The Bertz CT molecular complexity index is 357. The van der Waals surface area contributed by atoms with Gasteiger partial charge in [-0.25, -0.2) is 9.59 Å². The Hall–Kier alpha value is -2.02. The zero-order valence-corrected chi connectivity index (χ0v) is 8.12. The van der Waals surface area contributed by atoms with Crippen molar-refractivity contribution in [2.45, 2.75) is 12.2 Å². The minimum absolute atomic E-state index is 0.500. The van der Waals surface area contributed by atoms with Crippen molar-refractivity contribution in [2.75, 3.05) is 6.61 Å². The smallest absolute Gasteiger partial charge is 0.377 e. The molecule has 0 spiro atoms. The maximum Gasteiger partial charge on any atom is 0.377 e. The van der Waals surface area contributed by atoms with Crippen LogP contribution in [0.15, 0.2) is 24.2 Å². The van der Waals surface area contributed by atoms with Crippen LogP contribution >= 0.6 is 0 Å². The van der Waals surface area contributed by atoms with Crippen molar-refractivity contribution in [1.29, 1.82) is 0 Å². The zero-order chi connectivity index (χ0) is 12.3. The number of rotatable bonds is 4. The van der Waals surface area contributed by atoms with Crippen LogP contribution in [0.5, 0.6) is 0 Å². The molecule has 1 aliphatic rings. The Kier molecular flexibility index (Phi) is 3.51. The SMILES string of the molecule is C=CC(=O)OCC(O)[C@H]1OC(=O)C(O)=C1O. The molecule has 1 aliphatic heterocycles. The van der Waals surface area contributed by atoms with E-state index < -0.39 is 42.3 Å². The number of esters is 2. The quantitative estimate of drug-likeness (QED) is 0.433. The lowest BCUT2D eigenvalue weighted by molar-refractivity contribution is -0.151. The number of carbonyl (C=O) groups is 2. The molecular weight excluding hydrogens is 220 g/mol. The normalized spacial score (nSPS) is 21.6. The van der Waals surface area contributed by atoms with Crippen LogP contribution in [0.3, 0.4) is 0 Å². The number of hydrogen-bond donors (Lipinski definition) is 3. The number of ether oxygens (including phenoxy) is 2. The van der Waals surface area contributed by atoms with Crippen LogP contribution in [0.2, 0.25) is 0 Å². The number of carbonyl (C=O) groups excluding carboxylic acids is 2. The molecule has 0 bridgehead atoms. The molecule has 0 saturated heterocycles. The summed E-state index contributed by atoms with van der Waals surface area (Å²) in [6.07, 6.45) is -2.00.